The van der Waals surface area contributed by atoms with Gasteiger partial charge in [0.15, 0.2) is 23.0 Å². The van der Waals surface area contributed by atoms with Gasteiger partial charge in [-0.2, -0.15) is 4.98 Å². The maximum absolute atomic E-state index is 13.4. The third kappa shape index (κ3) is 4.16. The molecule has 2 fully saturated rings. The lowest BCUT2D eigenvalue weighted by Crippen LogP contribution is -2.51. The maximum atomic E-state index is 13.4. The zero-order valence-corrected chi connectivity index (χ0v) is 21.1. The predicted octanol–water partition coefficient (Wildman–Crippen LogP) is 1.55. The van der Waals surface area contributed by atoms with E-state index >= 15 is 0 Å². The summed E-state index contributed by atoms with van der Waals surface area (Å²) in [6, 6.07) is -0.835. The Hall–Kier alpha value is -2.31. The van der Waals surface area contributed by atoms with Crippen molar-refractivity contribution >= 4 is 30.8 Å². The minimum absolute atomic E-state index is 0.0424. The molecule has 0 spiro atoms. The van der Waals surface area contributed by atoms with Crippen molar-refractivity contribution in [3.05, 3.63) is 16.7 Å². The molecular weight excluding hydrogens is 467 g/mol. The molecule has 34 heavy (non-hydrogen) atoms. The van der Waals surface area contributed by atoms with Crippen LogP contribution in [0.25, 0.3) is 11.2 Å². The van der Waals surface area contributed by atoms with Gasteiger partial charge in [0, 0.05) is 7.05 Å². The van der Waals surface area contributed by atoms with Gasteiger partial charge in [0.1, 0.15) is 12.1 Å². The number of nitrogen functional groups attached to an aromatic ring is 1. The number of anilines is 1. The number of morpholine rings is 1. The molecule has 2 aliphatic heterocycles. The predicted molar refractivity (Wildman–Crippen MR) is 122 cm³/mol. The second-order valence-corrected chi connectivity index (χ2v) is 12.3. The minimum Gasteiger partial charge on any atom is -0.369 e. The molecule has 5 atom stereocenters. The Morgan fingerprint density at radius 2 is 1.94 bits per heavy atom. The number of H-pyrrole nitrogens is 1. The molecular formula is C20H31N6O7P. The molecule has 1 amide bonds. The lowest BCUT2D eigenvalue weighted by molar-refractivity contribution is -0.179. The summed E-state index contributed by atoms with van der Waals surface area (Å²) >= 11 is 0. The SMILES string of the molecule is CN1C(=O)[C@]2(CC(C)(C)C)O[C@@H](n3cnc4c(=O)[nH]c(N)nc43)C1[C@H]2OP(=O)(O)OC(C)(C)C. The van der Waals surface area contributed by atoms with Crippen molar-refractivity contribution in [1.82, 2.24) is 24.4 Å². The zero-order valence-electron chi connectivity index (χ0n) is 20.2. The molecule has 0 aliphatic carbocycles. The number of likely N-dealkylation sites (tertiary alicyclic amines) is 1. The van der Waals surface area contributed by atoms with E-state index in [-0.39, 0.29) is 29.4 Å². The van der Waals surface area contributed by atoms with Crippen LogP contribution in [0.5, 0.6) is 0 Å². The van der Waals surface area contributed by atoms with Gasteiger partial charge in [-0.05, 0) is 32.6 Å². The van der Waals surface area contributed by atoms with E-state index < -0.39 is 48.4 Å². The van der Waals surface area contributed by atoms with Crippen LogP contribution in [0.4, 0.5) is 5.95 Å². The van der Waals surface area contributed by atoms with Crippen LogP contribution in [0, 0.1) is 5.41 Å². The van der Waals surface area contributed by atoms with Crippen LogP contribution in [-0.2, 0) is 23.1 Å². The molecule has 2 aromatic heterocycles. The van der Waals surface area contributed by atoms with E-state index in [0.717, 1.165) is 0 Å². The van der Waals surface area contributed by atoms with Crippen LogP contribution in [0.15, 0.2) is 11.1 Å². The minimum atomic E-state index is -4.60. The standard InChI is InChI=1S/C20H31N6O7P/c1-18(2,3)8-20-12(32-34(29,30)33-19(4,5)6)11(25(7)16(20)28)15(31-20)26-9-22-10-13(26)23-17(21)24-14(10)27/h9,11-12,15H,8H2,1-7H3,(H,29,30)(H3,21,23,24,27)/t11?,12-,15-,20-/m1/s1. The molecule has 0 aromatic carbocycles. The zero-order chi connectivity index (χ0) is 25.4. The smallest absolute Gasteiger partial charge is 0.369 e. The third-order valence-corrected chi connectivity index (χ3v) is 6.95. The van der Waals surface area contributed by atoms with Crippen LogP contribution in [0.1, 0.15) is 54.2 Å². The van der Waals surface area contributed by atoms with Crippen molar-refractivity contribution in [2.45, 2.75) is 77.5 Å². The monoisotopic (exact) mass is 498 g/mol. The van der Waals surface area contributed by atoms with Crippen molar-refractivity contribution in [3.8, 4) is 0 Å². The molecule has 14 heteroatoms. The second-order valence-electron chi connectivity index (χ2n) is 11.0. The van der Waals surface area contributed by atoms with E-state index in [1.807, 2.05) is 20.8 Å². The van der Waals surface area contributed by atoms with Gasteiger partial charge in [0.05, 0.1) is 11.9 Å². The molecule has 4 heterocycles. The molecule has 2 aromatic rings. The van der Waals surface area contributed by atoms with E-state index in [1.54, 1.807) is 27.8 Å². The van der Waals surface area contributed by atoms with Gasteiger partial charge < -0.3 is 20.3 Å². The van der Waals surface area contributed by atoms with Gasteiger partial charge in [0.25, 0.3) is 11.5 Å². The lowest BCUT2D eigenvalue weighted by Gasteiger charge is -2.38. The first kappa shape index (κ1) is 24.8. The Morgan fingerprint density at radius 1 is 1.29 bits per heavy atom. The van der Waals surface area contributed by atoms with Crippen molar-refractivity contribution < 1.29 is 28.0 Å². The number of phosphoric ester groups is 1. The Kier molecular flexibility index (Phi) is 5.54. The van der Waals surface area contributed by atoms with Crippen molar-refractivity contribution in [3.63, 3.8) is 0 Å². The van der Waals surface area contributed by atoms with Gasteiger partial charge in [-0.1, -0.05) is 20.8 Å². The van der Waals surface area contributed by atoms with E-state index in [4.69, 9.17) is 19.5 Å². The van der Waals surface area contributed by atoms with Gasteiger partial charge >= 0.3 is 7.82 Å². The van der Waals surface area contributed by atoms with Crippen LogP contribution in [0.3, 0.4) is 0 Å². The largest absolute Gasteiger partial charge is 0.473 e. The van der Waals surface area contributed by atoms with Gasteiger partial charge in [-0.15, -0.1) is 0 Å². The average molecular weight is 498 g/mol. The highest BCUT2D eigenvalue weighted by Crippen LogP contribution is 2.59. The molecule has 2 aliphatic rings. The highest BCUT2D eigenvalue weighted by Gasteiger charge is 2.71. The topological polar surface area (TPSA) is 175 Å². The number of likely N-dealkylation sites (N-methyl/N-ethyl adjacent to an activating group) is 1. The molecule has 2 bridgehead atoms. The number of hydrogen-bond donors (Lipinski definition) is 3. The van der Waals surface area contributed by atoms with E-state index in [0.29, 0.717) is 0 Å². The first-order valence-corrected chi connectivity index (χ1v) is 12.3. The number of rotatable bonds is 5. The van der Waals surface area contributed by atoms with Gasteiger partial charge in [-0.3, -0.25) is 28.2 Å². The molecule has 2 unspecified atom stereocenters. The molecule has 13 nitrogen and oxygen atoms in total. The highest BCUT2D eigenvalue weighted by molar-refractivity contribution is 7.47. The molecule has 0 radical (unpaired) electrons. The lowest BCUT2D eigenvalue weighted by atomic mass is 9.80. The highest BCUT2D eigenvalue weighted by atomic mass is 31.2. The summed E-state index contributed by atoms with van der Waals surface area (Å²) < 4.78 is 31.8. The summed E-state index contributed by atoms with van der Waals surface area (Å²) in [6.45, 7) is 10.6. The van der Waals surface area contributed by atoms with Crippen LogP contribution in [-0.4, -0.2) is 65.6 Å². The molecule has 188 valence electrons. The van der Waals surface area contributed by atoms with Gasteiger partial charge in [0.2, 0.25) is 5.95 Å². The van der Waals surface area contributed by atoms with Crippen LogP contribution in [0.2, 0.25) is 0 Å². The first-order valence-electron chi connectivity index (χ1n) is 10.8. The fourth-order valence-electron chi connectivity index (χ4n) is 4.79. The van der Waals surface area contributed by atoms with E-state index in [9.17, 15) is 19.0 Å². The Labute approximate surface area is 196 Å². The molecule has 4 N–H and O–H groups in total. The summed E-state index contributed by atoms with van der Waals surface area (Å²) in [5.74, 6) is -0.485. The molecule has 2 saturated heterocycles. The fourth-order valence-corrected chi connectivity index (χ4v) is 6.11. The second kappa shape index (κ2) is 7.59. The van der Waals surface area contributed by atoms with Crippen molar-refractivity contribution in [2.24, 2.45) is 5.41 Å². The average Bonchev–Trinajstić information content (AvgIpc) is 3.21. The number of imidazole rings is 1. The van der Waals surface area contributed by atoms with Crippen molar-refractivity contribution in [1.29, 1.82) is 0 Å². The third-order valence-electron chi connectivity index (χ3n) is 5.68. The van der Waals surface area contributed by atoms with Crippen LogP contribution < -0.4 is 11.3 Å². The van der Waals surface area contributed by atoms with Crippen LogP contribution >= 0.6 is 7.82 Å². The van der Waals surface area contributed by atoms with E-state index in [1.165, 1.54) is 15.8 Å². The fraction of sp³-hybridized carbons (Fsp3) is 0.700. The number of carbonyl (C=O) groups is 1. The number of fused-ring (bicyclic) bond motifs is 3. The maximum Gasteiger partial charge on any atom is 0.473 e. The quantitative estimate of drug-likeness (QED) is 0.513. The summed E-state index contributed by atoms with van der Waals surface area (Å²) in [7, 11) is -3.03. The molecule has 0 saturated carbocycles. The Bertz CT molecular complexity index is 1240. The number of amides is 1. The number of aromatic nitrogens is 4. The number of carbonyl (C=O) groups excluding carboxylic acids is 1. The Morgan fingerprint density at radius 3 is 2.53 bits per heavy atom. The number of nitrogens with one attached hydrogen (secondary N) is 1. The number of ether oxygens (including phenoxy) is 1. The summed E-state index contributed by atoms with van der Waals surface area (Å²) in [6.07, 6.45) is -0.506. The number of phosphoric acid groups is 1. The summed E-state index contributed by atoms with van der Waals surface area (Å²) in [5, 5.41) is 0. The normalized spacial score (nSPS) is 29.2. The first-order chi connectivity index (χ1) is 15.4. The summed E-state index contributed by atoms with van der Waals surface area (Å²) in [5.41, 5.74) is 2.44. The van der Waals surface area contributed by atoms with E-state index in [2.05, 4.69) is 15.0 Å². The summed E-state index contributed by atoms with van der Waals surface area (Å²) in [4.78, 5) is 48.4. The Balaban J connectivity index is 1.84. The molecule has 4 rings (SSSR count). The number of aromatic amines is 1. The van der Waals surface area contributed by atoms with Gasteiger partial charge in [-0.25, -0.2) is 9.55 Å². The number of nitrogens with zero attached hydrogens (tertiary/aromatic N) is 4. The number of hydrogen-bond acceptors (Lipinski definition) is 9. The van der Waals surface area contributed by atoms with Crippen molar-refractivity contribution in [2.75, 3.05) is 12.8 Å². The number of nitrogens with two attached hydrogens (primary N) is 1.